The summed E-state index contributed by atoms with van der Waals surface area (Å²) in [5.74, 6) is -0.278. The van der Waals surface area contributed by atoms with Crippen molar-refractivity contribution in [3.63, 3.8) is 0 Å². The van der Waals surface area contributed by atoms with Crippen molar-refractivity contribution in [2.24, 2.45) is 5.73 Å². The minimum atomic E-state index is -4.33. The van der Waals surface area contributed by atoms with Gasteiger partial charge in [0.05, 0.1) is 11.6 Å². The van der Waals surface area contributed by atoms with Crippen molar-refractivity contribution in [3.05, 3.63) is 35.4 Å². The summed E-state index contributed by atoms with van der Waals surface area (Å²) in [6, 6.07) is 4.12. The maximum absolute atomic E-state index is 12.4. The standard InChI is InChI=1S/C13H17F3N2O.ClH/c1-8(18-12(19)9(2)17)7-10-3-5-11(6-4-10)13(14,15)16;/h3-6,8-9H,7,17H2,1-2H3,(H,18,19);1H/t8?,9-;/m1./s1. The minimum absolute atomic E-state index is 0. The number of benzene rings is 1. The molecular weight excluding hydrogens is 293 g/mol. The molecule has 0 aliphatic rings. The lowest BCUT2D eigenvalue weighted by Crippen LogP contribution is -2.43. The van der Waals surface area contributed by atoms with Crippen molar-refractivity contribution >= 4 is 18.3 Å². The number of rotatable bonds is 4. The molecule has 0 fully saturated rings. The van der Waals surface area contributed by atoms with Gasteiger partial charge in [-0.15, -0.1) is 12.4 Å². The SMILES string of the molecule is CC(Cc1ccc(C(F)(F)F)cc1)NC(=O)[C@@H](C)N.Cl. The van der Waals surface area contributed by atoms with Crippen molar-refractivity contribution in [2.75, 3.05) is 0 Å². The zero-order valence-corrected chi connectivity index (χ0v) is 12.0. The Kier molecular flexibility index (Phi) is 7.02. The van der Waals surface area contributed by atoms with Crippen LogP contribution in [0.3, 0.4) is 0 Å². The van der Waals surface area contributed by atoms with Gasteiger partial charge in [-0.3, -0.25) is 4.79 Å². The summed E-state index contributed by atoms with van der Waals surface area (Å²) < 4.78 is 37.1. The molecule has 0 aliphatic heterocycles. The van der Waals surface area contributed by atoms with E-state index in [9.17, 15) is 18.0 Å². The van der Waals surface area contributed by atoms with Crippen LogP contribution in [0.4, 0.5) is 13.2 Å². The van der Waals surface area contributed by atoms with Gasteiger partial charge in [-0.05, 0) is 38.0 Å². The zero-order chi connectivity index (χ0) is 14.6. The van der Waals surface area contributed by atoms with Gasteiger partial charge in [0, 0.05) is 6.04 Å². The van der Waals surface area contributed by atoms with E-state index in [0.29, 0.717) is 6.42 Å². The minimum Gasteiger partial charge on any atom is -0.352 e. The zero-order valence-electron chi connectivity index (χ0n) is 11.2. The first-order chi connectivity index (χ1) is 8.70. The molecule has 0 aliphatic carbocycles. The highest BCUT2D eigenvalue weighted by Gasteiger charge is 2.29. The lowest BCUT2D eigenvalue weighted by Gasteiger charge is -2.16. The Morgan fingerprint density at radius 2 is 1.75 bits per heavy atom. The monoisotopic (exact) mass is 310 g/mol. The summed E-state index contributed by atoms with van der Waals surface area (Å²) in [5.41, 5.74) is 5.46. The second-order valence-electron chi connectivity index (χ2n) is 4.60. The van der Waals surface area contributed by atoms with Crippen LogP contribution in [0.5, 0.6) is 0 Å². The maximum atomic E-state index is 12.4. The van der Waals surface area contributed by atoms with Crippen LogP contribution >= 0.6 is 12.4 Å². The van der Waals surface area contributed by atoms with Crippen LogP contribution in [-0.2, 0) is 17.4 Å². The van der Waals surface area contributed by atoms with Crippen molar-refractivity contribution in [2.45, 2.75) is 38.5 Å². The average molecular weight is 311 g/mol. The Hall–Kier alpha value is -1.27. The van der Waals surface area contributed by atoms with Gasteiger partial charge in [-0.2, -0.15) is 13.2 Å². The summed E-state index contributed by atoms with van der Waals surface area (Å²) >= 11 is 0. The number of hydrogen-bond donors (Lipinski definition) is 2. The fourth-order valence-electron chi connectivity index (χ4n) is 1.61. The van der Waals surface area contributed by atoms with E-state index in [-0.39, 0.29) is 24.4 Å². The first-order valence-corrected chi connectivity index (χ1v) is 5.92. The highest BCUT2D eigenvalue weighted by Crippen LogP contribution is 2.29. The molecule has 20 heavy (non-hydrogen) atoms. The van der Waals surface area contributed by atoms with E-state index in [4.69, 9.17) is 5.73 Å². The van der Waals surface area contributed by atoms with Gasteiger partial charge in [0.1, 0.15) is 0 Å². The summed E-state index contributed by atoms with van der Waals surface area (Å²) in [6.07, 6.45) is -3.87. The second-order valence-corrected chi connectivity index (χ2v) is 4.60. The molecule has 0 aromatic heterocycles. The van der Waals surface area contributed by atoms with E-state index >= 15 is 0 Å². The topological polar surface area (TPSA) is 55.1 Å². The Balaban J connectivity index is 0.00000361. The molecule has 1 amide bonds. The summed E-state index contributed by atoms with van der Waals surface area (Å²) in [5, 5.41) is 2.69. The van der Waals surface area contributed by atoms with Crippen molar-refractivity contribution in [1.82, 2.24) is 5.32 Å². The largest absolute Gasteiger partial charge is 0.416 e. The normalized spacial score (nSPS) is 14.1. The number of alkyl halides is 3. The number of carbonyl (C=O) groups excluding carboxylic acids is 1. The quantitative estimate of drug-likeness (QED) is 0.898. The van der Waals surface area contributed by atoms with Gasteiger partial charge < -0.3 is 11.1 Å². The molecule has 1 aromatic rings. The predicted octanol–water partition coefficient (Wildman–Crippen LogP) is 2.52. The van der Waals surface area contributed by atoms with Crippen LogP contribution in [0, 0.1) is 0 Å². The van der Waals surface area contributed by atoms with Gasteiger partial charge in [-0.25, -0.2) is 0 Å². The molecule has 2 atom stereocenters. The molecule has 0 saturated carbocycles. The molecule has 3 nitrogen and oxygen atoms in total. The first kappa shape index (κ1) is 18.7. The fourth-order valence-corrected chi connectivity index (χ4v) is 1.61. The van der Waals surface area contributed by atoms with E-state index in [2.05, 4.69) is 5.32 Å². The Morgan fingerprint density at radius 1 is 1.25 bits per heavy atom. The maximum Gasteiger partial charge on any atom is 0.416 e. The van der Waals surface area contributed by atoms with Crippen molar-refractivity contribution in [1.29, 1.82) is 0 Å². The van der Waals surface area contributed by atoms with Gasteiger partial charge in [0.25, 0.3) is 0 Å². The lowest BCUT2D eigenvalue weighted by atomic mass is 10.0. The Morgan fingerprint density at radius 3 is 2.15 bits per heavy atom. The summed E-state index contributed by atoms with van der Waals surface area (Å²) in [4.78, 5) is 11.3. The van der Waals surface area contributed by atoms with Crippen LogP contribution in [0.1, 0.15) is 25.0 Å². The molecular formula is C13H18ClF3N2O. The molecule has 0 spiro atoms. The lowest BCUT2D eigenvalue weighted by molar-refractivity contribution is -0.137. The van der Waals surface area contributed by atoms with Crippen LogP contribution in [0.25, 0.3) is 0 Å². The predicted molar refractivity (Wildman–Crippen MR) is 73.7 cm³/mol. The first-order valence-electron chi connectivity index (χ1n) is 5.92. The fraction of sp³-hybridized carbons (Fsp3) is 0.462. The Labute approximate surface area is 122 Å². The van der Waals surface area contributed by atoms with Crippen LogP contribution in [0.2, 0.25) is 0 Å². The molecule has 1 rings (SSSR count). The number of carbonyl (C=O) groups is 1. The molecule has 0 bridgehead atoms. The van der Waals surface area contributed by atoms with Crippen molar-refractivity contribution < 1.29 is 18.0 Å². The highest BCUT2D eigenvalue weighted by molar-refractivity contribution is 5.85. The van der Waals surface area contributed by atoms with Crippen LogP contribution < -0.4 is 11.1 Å². The molecule has 0 heterocycles. The molecule has 7 heteroatoms. The third-order valence-electron chi connectivity index (χ3n) is 2.63. The molecule has 1 aromatic carbocycles. The van der Waals surface area contributed by atoms with Gasteiger partial charge in [0.2, 0.25) is 5.91 Å². The van der Waals surface area contributed by atoms with Crippen molar-refractivity contribution in [3.8, 4) is 0 Å². The van der Waals surface area contributed by atoms with Crippen LogP contribution in [0.15, 0.2) is 24.3 Å². The van der Waals surface area contributed by atoms with E-state index in [1.165, 1.54) is 12.1 Å². The molecule has 0 saturated heterocycles. The van der Waals surface area contributed by atoms with Gasteiger partial charge in [0.15, 0.2) is 0 Å². The van der Waals surface area contributed by atoms with Gasteiger partial charge in [-0.1, -0.05) is 12.1 Å². The van der Waals surface area contributed by atoms with E-state index in [0.717, 1.165) is 17.7 Å². The van der Waals surface area contributed by atoms with E-state index < -0.39 is 17.8 Å². The molecule has 3 N–H and O–H groups in total. The highest BCUT2D eigenvalue weighted by atomic mass is 35.5. The van der Waals surface area contributed by atoms with E-state index in [1.807, 2.05) is 0 Å². The summed E-state index contributed by atoms with van der Waals surface area (Å²) in [7, 11) is 0. The van der Waals surface area contributed by atoms with Crippen LogP contribution in [-0.4, -0.2) is 18.0 Å². The third-order valence-corrected chi connectivity index (χ3v) is 2.63. The number of nitrogens with one attached hydrogen (secondary N) is 1. The number of hydrogen-bond acceptors (Lipinski definition) is 2. The smallest absolute Gasteiger partial charge is 0.352 e. The second kappa shape index (κ2) is 7.50. The summed E-state index contributed by atoms with van der Waals surface area (Å²) in [6.45, 7) is 3.35. The Bertz CT molecular complexity index is 432. The number of nitrogens with two attached hydrogens (primary N) is 1. The molecule has 114 valence electrons. The molecule has 0 radical (unpaired) electrons. The van der Waals surface area contributed by atoms with E-state index in [1.54, 1.807) is 13.8 Å². The molecule has 1 unspecified atom stereocenters. The third kappa shape index (κ3) is 5.79. The average Bonchev–Trinajstić information content (AvgIpc) is 2.28. The number of halogens is 4. The van der Waals surface area contributed by atoms with Gasteiger partial charge >= 0.3 is 6.18 Å². The number of amides is 1.